The quantitative estimate of drug-likeness (QED) is 0.798. The molecular formula is C17H21BrN4. The Morgan fingerprint density at radius 3 is 2.55 bits per heavy atom. The molecule has 0 unspecified atom stereocenters. The highest BCUT2D eigenvalue weighted by Gasteiger charge is 2.26. The second-order valence-electron chi connectivity index (χ2n) is 6.79. The number of hydrogen-bond acceptors (Lipinski definition) is 4. The van der Waals surface area contributed by atoms with Gasteiger partial charge in [0.15, 0.2) is 0 Å². The Hall–Kier alpha value is -1.62. The molecule has 1 aliphatic carbocycles. The molecule has 22 heavy (non-hydrogen) atoms. The molecule has 1 aromatic carbocycles. The molecule has 0 radical (unpaired) electrons. The Morgan fingerprint density at radius 2 is 1.91 bits per heavy atom. The Morgan fingerprint density at radius 1 is 1.14 bits per heavy atom. The molecule has 0 bridgehead atoms. The Bertz CT molecular complexity index is 675. The molecule has 1 aliphatic rings. The van der Waals surface area contributed by atoms with E-state index in [1.165, 1.54) is 12.8 Å². The number of benzene rings is 1. The first-order valence-corrected chi connectivity index (χ1v) is 8.38. The van der Waals surface area contributed by atoms with Gasteiger partial charge in [-0.2, -0.15) is 4.98 Å². The minimum atomic E-state index is -0.0603. The number of rotatable bonds is 4. The van der Waals surface area contributed by atoms with Crippen molar-refractivity contribution < 1.29 is 0 Å². The largest absolute Gasteiger partial charge is 0.350 e. The van der Waals surface area contributed by atoms with Crippen LogP contribution in [0.3, 0.4) is 0 Å². The van der Waals surface area contributed by atoms with E-state index in [0.29, 0.717) is 11.9 Å². The summed E-state index contributed by atoms with van der Waals surface area (Å²) in [7, 11) is 0. The minimum Gasteiger partial charge on any atom is -0.350 e. The van der Waals surface area contributed by atoms with E-state index < -0.39 is 0 Å². The molecule has 1 aromatic heterocycles. The fourth-order valence-electron chi connectivity index (χ4n) is 2.22. The summed E-state index contributed by atoms with van der Waals surface area (Å²) < 4.78 is 1.04. The first-order valence-electron chi connectivity index (χ1n) is 7.59. The van der Waals surface area contributed by atoms with Gasteiger partial charge in [-0.1, -0.05) is 22.0 Å². The van der Waals surface area contributed by atoms with Crippen molar-refractivity contribution in [3.8, 4) is 0 Å². The lowest BCUT2D eigenvalue weighted by Gasteiger charge is -2.21. The van der Waals surface area contributed by atoms with Gasteiger partial charge in [0.05, 0.1) is 5.69 Å². The maximum Gasteiger partial charge on any atom is 0.225 e. The van der Waals surface area contributed by atoms with Gasteiger partial charge in [0, 0.05) is 27.7 Å². The molecule has 4 nitrogen and oxygen atoms in total. The lowest BCUT2D eigenvalue weighted by atomic mass is 10.1. The Labute approximate surface area is 139 Å². The normalized spacial score (nSPS) is 14.7. The van der Waals surface area contributed by atoms with E-state index in [9.17, 15) is 0 Å². The standard InChI is InChI=1S/C17H21BrN4/c1-17(2,3)22-16-20-14(11-7-8-11)10-15(21-16)19-13-6-4-5-12(18)9-13/h4-6,9-11H,7-8H2,1-3H3,(H2,19,20,21,22). The van der Waals surface area contributed by atoms with Crippen LogP contribution in [0.5, 0.6) is 0 Å². The van der Waals surface area contributed by atoms with Crippen molar-refractivity contribution in [2.75, 3.05) is 10.6 Å². The van der Waals surface area contributed by atoms with Gasteiger partial charge in [0.1, 0.15) is 5.82 Å². The zero-order chi connectivity index (χ0) is 15.7. The summed E-state index contributed by atoms with van der Waals surface area (Å²) in [5, 5.41) is 6.74. The summed E-state index contributed by atoms with van der Waals surface area (Å²) in [5.41, 5.74) is 2.07. The van der Waals surface area contributed by atoms with Gasteiger partial charge >= 0.3 is 0 Å². The smallest absolute Gasteiger partial charge is 0.225 e. The molecule has 2 aromatic rings. The lowest BCUT2D eigenvalue weighted by molar-refractivity contribution is 0.625. The average Bonchev–Trinajstić information content (AvgIpc) is 3.20. The van der Waals surface area contributed by atoms with E-state index in [1.807, 2.05) is 24.3 Å². The summed E-state index contributed by atoms with van der Waals surface area (Å²) in [6.07, 6.45) is 2.45. The first kappa shape index (κ1) is 15.3. The predicted octanol–water partition coefficient (Wildman–Crippen LogP) is 5.07. The topological polar surface area (TPSA) is 49.8 Å². The van der Waals surface area contributed by atoms with Crippen molar-refractivity contribution in [1.29, 1.82) is 0 Å². The third-order valence-electron chi connectivity index (χ3n) is 3.33. The fourth-order valence-corrected chi connectivity index (χ4v) is 2.62. The molecule has 0 spiro atoms. The van der Waals surface area contributed by atoms with Gasteiger partial charge in [0.25, 0.3) is 0 Å². The van der Waals surface area contributed by atoms with Gasteiger partial charge in [0.2, 0.25) is 5.95 Å². The maximum absolute atomic E-state index is 4.67. The second kappa shape index (κ2) is 5.88. The Kier molecular flexibility index (Phi) is 4.08. The van der Waals surface area contributed by atoms with Crippen LogP contribution in [0.2, 0.25) is 0 Å². The minimum absolute atomic E-state index is 0.0603. The highest BCUT2D eigenvalue weighted by molar-refractivity contribution is 9.10. The number of nitrogens with zero attached hydrogens (tertiary/aromatic N) is 2. The molecule has 5 heteroatoms. The zero-order valence-electron chi connectivity index (χ0n) is 13.2. The molecule has 1 heterocycles. The maximum atomic E-state index is 4.67. The average molecular weight is 361 g/mol. The fraction of sp³-hybridized carbons (Fsp3) is 0.412. The lowest BCUT2D eigenvalue weighted by Crippen LogP contribution is -2.27. The molecule has 1 fully saturated rings. The second-order valence-corrected chi connectivity index (χ2v) is 7.70. The van der Waals surface area contributed by atoms with Crippen molar-refractivity contribution in [3.05, 3.63) is 40.5 Å². The summed E-state index contributed by atoms with van der Waals surface area (Å²) >= 11 is 3.49. The van der Waals surface area contributed by atoms with Crippen LogP contribution >= 0.6 is 15.9 Å². The third-order valence-corrected chi connectivity index (χ3v) is 3.82. The Balaban J connectivity index is 1.89. The summed E-state index contributed by atoms with van der Waals surface area (Å²) in [6, 6.07) is 10.1. The van der Waals surface area contributed by atoms with Crippen LogP contribution in [-0.4, -0.2) is 15.5 Å². The SMILES string of the molecule is CC(C)(C)Nc1nc(Nc2cccc(Br)c2)cc(C2CC2)n1. The number of hydrogen-bond donors (Lipinski definition) is 2. The zero-order valence-corrected chi connectivity index (χ0v) is 14.7. The number of halogens is 1. The molecule has 2 N–H and O–H groups in total. The van der Waals surface area contributed by atoms with Crippen LogP contribution in [0.15, 0.2) is 34.8 Å². The molecule has 0 saturated heterocycles. The van der Waals surface area contributed by atoms with E-state index in [0.717, 1.165) is 21.7 Å². The van der Waals surface area contributed by atoms with Gasteiger partial charge in [-0.3, -0.25) is 0 Å². The van der Waals surface area contributed by atoms with Crippen LogP contribution in [0.1, 0.15) is 45.2 Å². The molecule has 0 aliphatic heterocycles. The van der Waals surface area contributed by atoms with Gasteiger partial charge in [-0.05, 0) is 51.8 Å². The van der Waals surface area contributed by atoms with Gasteiger partial charge in [-0.15, -0.1) is 0 Å². The highest BCUT2D eigenvalue weighted by Crippen LogP contribution is 2.40. The van der Waals surface area contributed by atoms with Crippen LogP contribution in [0.4, 0.5) is 17.5 Å². The number of nitrogens with one attached hydrogen (secondary N) is 2. The number of anilines is 3. The van der Waals surface area contributed by atoms with Crippen LogP contribution in [0.25, 0.3) is 0 Å². The predicted molar refractivity (Wildman–Crippen MR) is 94.8 cm³/mol. The van der Waals surface area contributed by atoms with Crippen LogP contribution in [0, 0.1) is 0 Å². The van der Waals surface area contributed by atoms with Crippen molar-refractivity contribution >= 4 is 33.4 Å². The molecule has 1 saturated carbocycles. The van der Waals surface area contributed by atoms with Gasteiger partial charge < -0.3 is 10.6 Å². The molecule has 0 atom stereocenters. The first-order chi connectivity index (χ1) is 10.4. The third kappa shape index (κ3) is 4.19. The van der Waals surface area contributed by atoms with Crippen molar-refractivity contribution in [2.45, 2.75) is 45.1 Å². The van der Waals surface area contributed by atoms with E-state index in [2.05, 4.69) is 63.4 Å². The molecule has 0 amide bonds. The van der Waals surface area contributed by atoms with E-state index in [4.69, 9.17) is 0 Å². The van der Waals surface area contributed by atoms with Crippen LogP contribution in [-0.2, 0) is 0 Å². The van der Waals surface area contributed by atoms with Crippen molar-refractivity contribution in [2.24, 2.45) is 0 Å². The van der Waals surface area contributed by atoms with E-state index >= 15 is 0 Å². The van der Waals surface area contributed by atoms with Gasteiger partial charge in [-0.25, -0.2) is 4.98 Å². The van der Waals surface area contributed by atoms with E-state index in [-0.39, 0.29) is 5.54 Å². The summed E-state index contributed by atoms with van der Waals surface area (Å²) in [4.78, 5) is 9.27. The van der Waals surface area contributed by atoms with E-state index in [1.54, 1.807) is 0 Å². The summed E-state index contributed by atoms with van der Waals surface area (Å²) in [6.45, 7) is 6.34. The molecular weight excluding hydrogens is 340 g/mol. The monoisotopic (exact) mass is 360 g/mol. The van der Waals surface area contributed by atoms with Crippen molar-refractivity contribution in [1.82, 2.24) is 9.97 Å². The summed E-state index contributed by atoms with van der Waals surface area (Å²) in [5.74, 6) is 2.11. The molecule has 116 valence electrons. The number of aromatic nitrogens is 2. The highest BCUT2D eigenvalue weighted by atomic mass is 79.9. The molecule has 3 rings (SSSR count). The van der Waals surface area contributed by atoms with Crippen LogP contribution < -0.4 is 10.6 Å². The van der Waals surface area contributed by atoms with Crippen molar-refractivity contribution in [3.63, 3.8) is 0 Å².